The van der Waals surface area contributed by atoms with Crippen LogP contribution in [-0.4, -0.2) is 31.3 Å². The molecule has 1 aromatic heterocycles. The van der Waals surface area contributed by atoms with Crippen molar-refractivity contribution < 1.29 is 17.9 Å². The van der Waals surface area contributed by atoms with E-state index < -0.39 is 15.8 Å². The number of aryl methyl sites for hydroxylation is 1. The predicted octanol–water partition coefficient (Wildman–Crippen LogP) is 2.06. The number of ether oxygens (including phenoxy) is 1. The average molecular weight is 334 g/mol. The maximum atomic E-state index is 12.7. The Morgan fingerprint density at radius 3 is 2.78 bits per heavy atom. The highest BCUT2D eigenvalue weighted by molar-refractivity contribution is 7.90. The van der Waals surface area contributed by atoms with E-state index in [4.69, 9.17) is 0 Å². The van der Waals surface area contributed by atoms with E-state index in [9.17, 15) is 13.2 Å². The summed E-state index contributed by atoms with van der Waals surface area (Å²) >= 11 is 0. The van der Waals surface area contributed by atoms with Crippen molar-refractivity contribution in [1.29, 1.82) is 0 Å². The molecule has 1 fully saturated rings. The van der Waals surface area contributed by atoms with Crippen LogP contribution in [0.25, 0.3) is 0 Å². The zero-order chi connectivity index (χ0) is 16.6. The molecule has 1 aliphatic carbocycles. The Bertz CT molecular complexity index is 851. The summed E-state index contributed by atoms with van der Waals surface area (Å²) in [6.07, 6.45) is 3.66. The minimum atomic E-state index is -3.68. The van der Waals surface area contributed by atoms with Crippen LogP contribution in [0.2, 0.25) is 0 Å². The summed E-state index contributed by atoms with van der Waals surface area (Å²) in [4.78, 5) is 11.6. The first-order valence-electron chi connectivity index (χ1n) is 7.34. The lowest BCUT2D eigenvalue weighted by Gasteiger charge is -2.06. The molecule has 23 heavy (non-hydrogen) atoms. The molecule has 1 heterocycles. The van der Waals surface area contributed by atoms with E-state index in [0.29, 0.717) is 11.5 Å². The van der Waals surface area contributed by atoms with Gasteiger partial charge in [0.2, 0.25) is 0 Å². The van der Waals surface area contributed by atoms with Crippen molar-refractivity contribution in [2.24, 2.45) is 7.05 Å². The van der Waals surface area contributed by atoms with Gasteiger partial charge in [-0.1, -0.05) is 24.3 Å². The van der Waals surface area contributed by atoms with Crippen LogP contribution in [0.15, 0.2) is 35.4 Å². The summed E-state index contributed by atoms with van der Waals surface area (Å²) < 4.78 is 31.3. The summed E-state index contributed by atoms with van der Waals surface area (Å²) in [5.41, 5.74) is 1.72. The third kappa shape index (κ3) is 3.29. The minimum absolute atomic E-state index is 0.0938. The van der Waals surface area contributed by atoms with Crippen LogP contribution in [-0.2, 0) is 27.4 Å². The van der Waals surface area contributed by atoms with E-state index in [1.54, 1.807) is 13.1 Å². The normalized spacial score (nSPS) is 14.7. The number of sulfone groups is 1. The number of nitrogens with zero attached hydrogens (tertiary/aromatic N) is 2. The van der Waals surface area contributed by atoms with E-state index in [0.717, 1.165) is 12.8 Å². The average Bonchev–Trinajstić information content (AvgIpc) is 3.28. The number of carbonyl (C=O) groups excluding carboxylic acids is 1. The van der Waals surface area contributed by atoms with Crippen LogP contribution in [0, 0.1) is 0 Å². The number of aromatic nitrogens is 2. The maximum Gasteiger partial charge on any atom is 0.359 e. The Balaban J connectivity index is 1.93. The van der Waals surface area contributed by atoms with Crippen molar-refractivity contribution in [3.8, 4) is 0 Å². The van der Waals surface area contributed by atoms with Gasteiger partial charge in [-0.15, -0.1) is 0 Å². The Morgan fingerprint density at radius 2 is 2.13 bits per heavy atom. The molecule has 0 spiro atoms. The van der Waals surface area contributed by atoms with E-state index >= 15 is 0 Å². The third-order valence-corrected chi connectivity index (χ3v) is 5.55. The van der Waals surface area contributed by atoms with Crippen molar-refractivity contribution in [3.05, 3.63) is 47.3 Å². The lowest BCUT2D eigenvalue weighted by atomic mass is 10.1. The smallest absolute Gasteiger partial charge is 0.359 e. The van der Waals surface area contributed by atoms with Gasteiger partial charge < -0.3 is 4.74 Å². The summed E-state index contributed by atoms with van der Waals surface area (Å²) in [7, 11) is -0.915. The Kier molecular flexibility index (Phi) is 3.97. The van der Waals surface area contributed by atoms with Crippen LogP contribution in [0.3, 0.4) is 0 Å². The molecule has 1 aromatic carbocycles. The van der Waals surface area contributed by atoms with Gasteiger partial charge in [0.05, 0.1) is 12.9 Å². The first-order valence-corrected chi connectivity index (χ1v) is 8.99. The van der Waals surface area contributed by atoms with Crippen molar-refractivity contribution in [2.75, 3.05) is 7.11 Å². The lowest BCUT2D eigenvalue weighted by Crippen LogP contribution is -2.11. The SMILES string of the molecule is COC(=O)c1nn(C)cc1S(=O)(=O)Cc1cccc(C2CC2)c1. The topological polar surface area (TPSA) is 78.3 Å². The molecule has 6 nitrogen and oxygen atoms in total. The fourth-order valence-corrected chi connectivity index (χ4v) is 4.09. The summed E-state index contributed by atoms with van der Waals surface area (Å²) in [5, 5.41) is 3.91. The molecule has 7 heteroatoms. The predicted molar refractivity (Wildman–Crippen MR) is 83.9 cm³/mol. The molecule has 0 saturated heterocycles. The van der Waals surface area contributed by atoms with Crippen LogP contribution >= 0.6 is 0 Å². The second-order valence-corrected chi connectivity index (χ2v) is 7.74. The first kappa shape index (κ1) is 15.7. The number of carbonyl (C=O) groups is 1. The number of methoxy groups -OCH3 is 1. The number of esters is 1. The number of hydrogen-bond donors (Lipinski definition) is 0. The van der Waals surface area contributed by atoms with Gasteiger partial charge in [0, 0.05) is 13.2 Å². The second kappa shape index (κ2) is 5.81. The van der Waals surface area contributed by atoms with E-state index in [2.05, 4.69) is 9.84 Å². The molecule has 1 aliphatic rings. The van der Waals surface area contributed by atoms with Gasteiger partial charge in [-0.3, -0.25) is 4.68 Å². The molecule has 0 N–H and O–H groups in total. The number of rotatable bonds is 5. The van der Waals surface area contributed by atoms with Crippen LogP contribution in [0.5, 0.6) is 0 Å². The molecular formula is C16H18N2O4S. The quantitative estimate of drug-likeness (QED) is 0.782. The molecule has 1 saturated carbocycles. The van der Waals surface area contributed by atoms with Crippen LogP contribution < -0.4 is 0 Å². The molecule has 3 rings (SSSR count). The van der Waals surface area contributed by atoms with Gasteiger partial charge in [-0.25, -0.2) is 13.2 Å². The van der Waals surface area contributed by atoms with E-state index in [1.807, 2.05) is 18.2 Å². The first-order chi connectivity index (χ1) is 10.9. The molecule has 0 bridgehead atoms. The zero-order valence-corrected chi connectivity index (χ0v) is 13.8. The molecule has 2 aromatic rings. The summed E-state index contributed by atoms with van der Waals surface area (Å²) in [6.45, 7) is 0. The summed E-state index contributed by atoms with van der Waals surface area (Å²) in [5.74, 6) is -0.360. The Labute approximate surface area is 135 Å². The molecule has 122 valence electrons. The standard InChI is InChI=1S/C16H18N2O4S/c1-18-9-14(15(17-18)16(19)22-2)23(20,21)10-11-4-3-5-13(8-11)12-6-7-12/h3-5,8-9,12H,6-7,10H2,1-2H3. The maximum absolute atomic E-state index is 12.7. The second-order valence-electron chi connectivity index (χ2n) is 5.79. The minimum Gasteiger partial charge on any atom is -0.464 e. The molecule has 0 radical (unpaired) electrons. The summed E-state index contributed by atoms with van der Waals surface area (Å²) in [6, 6.07) is 7.63. The van der Waals surface area contributed by atoms with Crippen molar-refractivity contribution in [2.45, 2.75) is 29.4 Å². The van der Waals surface area contributed by atoms with Gasteiger partial charge >= 0.3 is 5.97 Å². The fourth-order valence-electron chi connectivity index (χ4n) is 2.58. The Morgan fingerprint density at radius 1 is 1.39 bits per heavy atom. The molecule has 0 aliphatic heterocycles. The zero-order valence-electron chi connectivity index (χ0n) is 13.0. The van der Waals surface area contributed by atoms with Gasteiger partial charge in [0.25, 0.3) is 0 Å². The highest BCUT2D eigenvalue weighted by atomic mass is 32.2. The van der Waals surface area contributed by atoms with Gasteiger partial charge in [-0.2, -0.15) is 5.10 Å². The van der Waals surface area contributed by atoms with Crippen LogP contribution in [0.1, 0.15) is 40.4 Å². The van der Waals surface area contributed by atoms with Gasteiger partial charge in [0.15, 0.2) is 15.5 Å². The largest absolute Gasteiger partial charge is 0.464 e. The van der Waals surface area contributed by atoms with Gasteiger partial charge in [-0.05, 0) is 29.9 Å². The van der Waals surface area contributed by atoms with E-state index in [1.165, 1.54) is 23.6 Å². The highest BCUT2D eigenvalue weighted by Gasteiger charge is 2.28. The van der Waals surface area contributed by atoms with Crippen LogP contribution in [0.4, 0.5) is 0 Å². The van der Waals surface area contributed by atoms with Crippen molar-refractivity contribution in [3.63, 3.8) is 0 Å². The number of hydrogen-bond acceptors (Lipinski definition) is 5. The monoisotopic (exact) mass is 334 g/mol. The lowest BCUT2D eigenvalue weighted by molar-refractivity contribution is 0.0589. The fraction of sp³-hybridized carbons (Fsp3) is 0.375. The van der Waals surface area contributed by atoms with Crippen molar-refractivity contribution in [1.82, 2.24) is 9.78 Å². The number of benzene rings is 1. The van der Waals surface area contributed by atoms with E-state index in [-0.39, 0.29) is 16.3 Å². The Hall–Kier alpha value is -2.15. The van der Waals surface area contributed by atoms with Crippen molar-refractivity contribution >= 4 is 15.8 Å². The molecule has 0 atom stereocenters. The van der Waals surface area contributed by atoms with Gasteiger partial charge in [0.1, 0.15) is 4.90 Å². The third-order valence-electron chi connectivity index (χ3n) is 3.87. The molecule has 0 unspecified atom stereocenters. The molecular weight excluding hydrogens is 316 g/mol. The molecule has 0 amide bonds. The highest BCUT2D eigenvalue weighted by Crippen LogP contribution is 2.40.